The molecule has 0 fully saturated rings. The minimum atomic E-state index is -0.800. The number of hydrogen-bond donors (Lipinski definition) is 0. The first-order valence-corrected chi connectivity index (χ1v) is 27.2. The van der Waals surface area contributed by atoms with E-state index in [1.54, 1.807) is 0 Å². The van der Waals surface area contributed by atoms with Gasteiger partial charge in [-0.3, -0.25) is 14.4 Å². The summed E-state index contributed by atoms with van der Waals surface area (Å²) in [6.45, 7) is 6.37. The van der Waals surface area contributed by atoms with Gasteiger partial charge in [-0.15, -0.1) is 0 Å². The van der Waals surface area contributed by atoms with E-state index in [0.29, 0.717) is 19.3 Å². The number of rotatable bonds is 48. The van der Waals surface area contributed by atoms with Gasteiger partial charge in [-0.1, -0.05) is 227 Å². The molecule has 0 rings (SSSR count). The van der Waals surface area contributed by atoms with Gasteiger partial charge in [0.1, 0.15) is 13.2 Å². The Morgan fingerprint density at radius 2 is 0.591 bits per heavy atom. The monoisotopic (exact) mass is 917 g/mol. The number of carbonyl (C=O) groups is 3. The van der Waals surface area contributed by atoms with Crippen LogP contribution in [0.25, 0.3) is 0 Å². The maximum absolute atomic E-state index is 12.8. The zero-order chi connectivity index (χ0) is 47.9. The normalized spacial score (nSPS) is 12.8. The number of carbonyl (C=O) groups excluding carboxylic acids is 3. The molecule has 0 heterocycles. The fourth-order valence-electron chi connectivity index (χ4n) is 7.31. The summed E-state index contributed by atoms with van der Waals surface area (Å²) >= 11 is 0. The molecule has 0 spiro atoms. The molecule has 0 radical (unpaired) electrons. The molecule has 0 aliphatic carbocycles. The largest absolute Gasteiger partial charge is 0.462 e. The molecule has 0 bridgehead atoms. The number of ether oxygens (including phenoxy) is 3. The molecule has 0 aliphatic heterocycles. The quantitative estimate of drug-likeness (QED) is 0.0262. The Balaban J connectivity index is 4.47. The van der Waals surface area contributed by atoms with Crippen LogP contribution in [0, 0.1) is 0 Å². The zero-order valence-corrected chi connectivity index (χ0v) is 42.9. The van der Waals surface area contributed by atoms with Gasteiger partial charge in [0.05, 0.1) is 0 Å². The predicted molar refractivity (Wildman–Crippen MR) is 284 cm³/mol. The van der Waals surface area contributed by atoms with Crippen molar-refractivity contribution < 1.29 is 28.6 Å². The highest BCUT2D eigenvalue weighted by atomic mass is 16.6. The molecule has 66 heavy (non-hydrogen) atoms. The summed E-state index contributed by atoms with van der Waals surface area (Å²) in [7, 11) is 0. The van der Waals surface area contributed by atoms with Gasteiger partial charge in [0.15, 0.2) is 6.10 Å². The van der Waals surface area contributed by atoms with Crippen LogP contribution < -0.4 is 0 Å². The van der Waals surface area contributed by atoms with E-state index < -0.39 is 6.10 Å². The van der Waals surface area contributed by atoms with Crippen LogP contribution in [0.15, 0.2) is 97.2 Å². The van der Waals surface area contributed by atoms with E-state index in [2.05, 4.69) is 118 Å². The molecule has 1 atom stereocenters. The predicted octanol–water partition coefficient (Wildman–Crippen LogP) is 18.1. The van der Waals surface area contributed by atoms with Gasteiger partial charge in [0.25, 0.3) is 0 Å². The van der Waals surface area contributed by atoms with Crippen molar-refractivity contribution in [3.63, 3.8) is 0 Å². The molecule has 0 aromatic heterocycles. The van der Waals surface area contributed by atoms with Crippen molar-refractivity contribution in [1.82, 2.24) is 0 Å². The number of hydrogen-bond acceptors (Lipinski definition) is 6. The first-order valence-electron chi connectivity index (χ1n) is 27.2. The second-order valence-electron chi connectivity index (χ2n) is 17.7. The maximum atomic E-state index is 12.8. The van der Waals surface area contributed by atoms with E-state index in [0.717, 1.165) is 135 Å². The molecule has 0 N–H and O–H groups in total. The summed E-state index contributed by atoms with van der Waals surface area (Å²) in [4.78, 5) is 38.1. The molecule has 376 valence electrons. The van der Waals surface area contributed by atoms with E-state index >= 15 is 0 Å². The number of esters is 3. The van der Waals surface area contributed by atoms with Gasteiger partial charge < -0.3 is 14.2 Å². The molecule has 6 nitrogen and oxygen atoms in total. The lowest BCUT2D eigenvalue weighted by atomic mass is 10.0. The van der Waals surface area contributed by atoms with Gasteiger partial charge in [-0.05, 0) is 96.3 Å². The molecule has 0 aromatic carbocycles. The third-order valence-corrected chi connectivity index (χ3v) is 11.3. The molecular formula is C60H100O6. The standard InChI is InChI=1S/C60H100O6/c1-4-7-10-13-16-19-22-25-28-29-30-31-33-35-38-41-44-47-50-53-59(62)65-56-57(55-64-58(61)52-49-46-43-40-37-34-27-24-21-18-15-12-9-6-3)66-60(63)54-51-48-45-42-39-36-32-26-23-20-17-14-11-8-5-2/h7-8,10-11,16-17,19-20,25-26,28,30-32,35,38,57H,4-6,9,12-15,18,21-24,27,29,33-34,36-37,39-56H2,1-3H3/b10-7-,11-8-,19-16-,20-17-,28-25-,31-30-,32-26-,38-35-/t57-/m1/s1. The van der Waals surface area contributed by atoms with Gasteiger partial charge in [0.2, 0.25) is 0 Å². The van der Waals surface area contributed by atoms with Crippen LogP contribution in [0.5, 0.6) is 0 Å². The SMILES string of the molecule is CC/C=C\C/C=C\C/C=C\C/C=C\C/C=C\CCCCCC(=O)OC[C@@H](COC(=O)CCCCCCCCCCCCCCCC)OC(=O)CCCCCCC/C=C\C/C=C\C/C=C\CC. The fourth-order valence-corrected chi connectivity index (χ4v) is 7.31. The Morgan fingerprint density at radius 3 is 0.939 bits per heavy atom. The van der Waals surface area contributed by atoms with E-state index in [4.69, 9.17) is 14.2 Å². The van der Waals surface area contributed by atoms with Crippen LogP contribution in [0.3, 0.4) is 0 Å². The summed E-state index contributed by atoms with van der Waals surface area (Å²) in [6, 6.07) is 0. The van der Waals surface area contributed by atoms with Crippen LogP contribution >= 0.6 is 0 Å². The van der Waals surface area contributed by atoms with Crippen LogP contribution in [0.4, 0.5) is 0 Å². The highest BCUT2D eigenvalue weighted by molar-refractivity contribution is 5.71. The minimum absolute atomic E-state index is 0.0943. The van der Waals surface area contributed by atoms with Gasteiger partial charge in [-0.25, -0.2) is 0 Å². The molecule has 0 unspecified atom stereocenters. The Bertz CT molecular complexity index is 1330. The Labute approximate surface area is 407 Å². The van der Waals surface area contributed by atoms with Crippen LogP contribution in [-0.4, -0.2) is 37.2 Å². The molecule has 0 saturated heterocycles. The van der Waals surface area contributed by atoms with E-state index in [1.807, 2.05) is 0 Å². The lowest BCUT2D eigenvalue weighted by Crippen LogP contribution is -2.30. The van der Waals surface area contributed by atoms with E-state index in [-0.39, 0.29) is 31.1 Å². The summed E-state index contributed by atoms with van der Waals surface area (Å²) < 4.78 is 16.8. The minimum Gasteiger partial charge on any atom is -0.462 e. The van der Waals surface area contributed by atoms with Crippen molar-refractivity contribution in [2.45, 2.75) is 252 Å². The van der Waals surface area contributed by atoms with E-state index in [9.17, 15) is 14.4 Å². The molecule has 0 aromatic rings. The third-order valence-electron chi connectivity index (χ3n) is 11.3. The lowest BCUT2D eigenvalue weighted by molar-refractivity contribution is -0.167. The smallest absolute Gasteiger partial charge is 0.306 e. The first kappa shape index (κ1) is 62.3. The highest BCUT2D eigenvalue weighted by Gasteiger charge is 2.19. The van der Waals surface area contributed by atoms with Crippen molar-refractivity contribution >= 4 is 17.9 Å². The summed E-state index contributed by atoms with van der Waals surface area (Å²) in [5.74, 6) is -0.943. The molecule has 0 aliphatic rings. The molecule has 0 saturated carbocycles. The second kappa shape index (κ2) is 53.9. The average molecular weight is 917 g/mol. The Kier molecular flexibility index (Phi) is 50.9. The maximum Gasteiger partial charge on any atom is 0.306 e. The van der Waals surface area contributed by atoms with Gasteiger partial charge in [0, 0.05) is 19.3 Å². The van der Waals surface area contributed by atoms with Crippen LogP contribution in [-0.2, 0) is 28.6 Å². The molecule has 0 amide bonds. The number of allylic oxidation sites excluding steroid dienone is 16. The first-order chi connectivity index (χ1) is 32.5. The summed E-state index contributed by atoms with van der Waals surface area (Å²) in [6.07, 6.45) is 71.0. The fraction of sp³-hybridized carbons (Fsp3) is 0.683. The Hall–Kier alpha value is -3.67. The third kappa shape index (κ3) is 51.3. The highest BCUT2D eigenvalue weighted by Crippen LogP contribution is 2.15. The van der Waals surface area contributed by atoms with Gasteiger partial charge >= 0.3 is 17.9 Å². The van der Waals surface area contributed by atoms with Crippen molar-refractivity contribution in [3.8, 4) is 0 Å². The van der Waals surface area contributed by atoms with Crippen molar-refractivity contribution in [1.29, 1.82) is 0 Å². The van der Waals surface area contributed by atoms with Gasteiger partial charge in [-0.2, -0.15) is 0 Å². The lowest BCUT2D eigenvalue weighted by Gasteiger charge is -2.18. The average Bonchev–Trinajstić information content (AvgIpc) is 3.31. The summed E-state index contributed by atoms with van der Waals surface area (Å²) in [5, 5.41) is 0. The summed E-state index contributed by atoms with van der Waals surface area (Å²) in [5.41, 5.74) is 0. The number of unbranched alkanes of at least 4 members (excludes halogenated alkanes) is 21. The van der Waals surface area contributed by atoms with Crippen molar-refractivity contribution in [2.24, 2.45) is 0 Å². The van der Waals surface area contributed by atoms with Crippen molar-refractivity contribution in [2.75, 3.05) is 13.2 Å². The molecule has 6 heteroatoms. The molecular weight excluding hydrogens is 817 g/mol. The zero-order valence-electron chi connectivity index (χ0n) is 42.9. The second-order valence-corrected chi connectivity index (χ2v) is 17.7. The van der Waals surface area contributed by atoms with E-state index in [1.165, 1.54) is 70.6 Å². The topological polar surface area (TPSA) is 78.9 Å². The van der Waals surface area contributed by atoms with Crippen LogP contribution in [0.2, 0.25) is 0 Å². The Morgan fingerprint density at radius 1 is 0.318 bits per heavy atom. The van der Waals surface area contributed by atoms with Crippen LogP contribution in [0.1, 0.15) is 245 Å². The van der Waals surface area contributed by atoms with Crippen molar-refractivity contribution in [3.05, 3.63) is 97.2 Å².